The van der Waals surface area contributed by atoms with Gasteiger partial charge in [-0.25, -0.2) is 0 Å². The smallest absolute Gasteiger partial charge is 0.0639 e. The van der Waals surface area contributed by atoms with Crippen LogP contribution in [0.25, 0.3) is 0 Å². The monoisotopic (exact) mass is 226 g/mol. The van der Waals surface area contributed by atoms with Crippen LogP contribution in [0.5, 0.6) is 0 Å². The van der Waals surface area contributed by atoms with Crippen molar-refractivity contribution in [3.8, 4) is 0 Å². The summed E-state index contributed by atoms with van der Waals surface area (Å²) < 4.78 is 5.53. The highest BCUT2D eigenvalue weighted by Gasteiger charge is 2.27. The second-order valence-corrected chi connectivity index (χ2v) is 5.04. The zero-order chi connectivity index (χ0) is 10.7. The van der Waals surface area contributed by atoms with E-state index in [1.807, 2.05) is 11.3 Å². The molecule has 1 saturated heterocycles. The van der Waals surface area contributed by atoms with Gasteiger partial charge in [-0.15, -0.1) is 11.3 Å². The number of thiophene rings is 1. The third-order valence-corrected chi connectivity index (χ3v) is 3.67. The molecular formula is C11H18N2OS. The van der Waals surface area contributed by atoms with Crippen molar-refractivity contribution in [2.45, 2.75) is 12.1 Å². The highest BCUT2D eigenvalue weighted by atomic mass is 32.1. The summed E-state index contributed by atoms with van der Waals surface area (Å²) in [6.07, 6.45) is 0. The van der Waals surface area contributed by atoms with Gasteiger partial charge in [-0.2, -0.15) is 0 Å². The normalized spacial score (nSPS) is 24.3. The van der Waals surface area contributed by atoms with Crippen molar-refractivity contribution < 1.29 is 4.74 Å². The lowest BCUT2D eigenvalue weighted by atomic mass is 10.1. The van der Waals surface area contributed by atoms with Crippen LogP contribution >= 0.6 is 11.3 Å². The van der Waals surface area contributed by atoms with Crippen molar-refractivity contribution >= 4 is 11.3 Å². The molecule has 4 heteroatoms. The van der Waals surface area contributed by atoms with Crippen molar-refractivity contribution in [2.24, 2.45) is 0 Å². The first-order valence-corrected chi connectivity index (χ1v) is 6.18. The van der Waals surface area contributed by atoms with Gasteiger partial charge in [0.2, 0.25) is 0 Å². The summed E-state index contributed by atoms with van der Waals surface area (Å²) in [7, 11) is 4.25. The molecule has 1 aromatic rings. The molecule has 3 nitrogen and oxygen atoms in total. The zero-order valence-corrected chi connectivity index (χ0v) is 10.1. The first-order valence-electron chi connectivity index (χ1n) is 5.30. The number of nitrogens with zero attached hydrogens (tertiary/aromatic N) is 1. The Hall–Kier alpha value is -0.420. The van der Waals surface area contributed by atoms with Crippen LogP contribution in [0.1, 0.15) is 10.9 Å². The Bertz CT molecular complexity index is 281. The lowest BCUT2D eigenvalue weighted by molar-refractivity contribution is 0.0467. The fourth-order valence-corrected chi connectivity index (χ4v) is 3.05. The molecule has 0 aromatic carbocycles. The highest BCUT2D eigenvalue weighted by Crippen LogP contribution is 2.27. The van der Waals surface area contributed by atoms with E-state index in [0.717, 1.165) is 19.8 Å². The summed E-state index contributed by atoms with van der Waals surface area (Å²) in [4.78, 5) is 3.67. The van der Waals surface area contributed by atoms with Gasteiger partial charge in [-0.05, 0) is 25.5 Å². The number of ether oxygens (including phenoxy) is 1. The first kappa shape index (κ1) is 11.1. The zero-order valence-electron chi connectivity index (χ0n) is 9.27. The Balaban J connectivity index is 2.12. The van der Waals surface area contributed by atoms with E-state index in [-0.39, 0.29) is 0 Å². The molecule has 2 unspecified atom stereocenters. The van der Waals surface area contributed by atoms with Crippen LogP contribution in [0.15, 0.2) is 17.5 Å². The molecule has 0 bridgehead atoms. The maximum Gasteiger partial charge on any atom is 0.0639 e. The summed E-state index contributed by atoms with van der Waals surface area (Å²) in [6.45, 7) is 2.60. The molecule has 1 aliphatic rings. The van der Waals surface area contributed by atoms with Gasteiger partial charge in [-0.3, -0.25) is 0 Å². The van der Waals surface area contributed by atoms with E-state index in [4.69, 9.17) is 4.74 Å². The third-order valence-electron chi connectivity index (χ3n) is 2.72. The number of rotatable bonds is 3. The molecule has 2 atom stereocenters. The summed E-state index contributed by atoms with van der Waals surface area (Å²) in [5.41, 5.74) is 0. The quantitative estimate of drug-likeness (QED) is 0.842. The average Bonchev–Trinajstić information content (AvgIpc) is 2.72. The fraction of sp³-hybridized carbons (Fsp3) is 0.636. The summed E-state index contributed by atoms with van der Waals surface area (Å²) >= 11 is 1.82. The molecule has 0 aliphatic carbocycles. The molecule has 0 saturated carbocycles. The van der Waals surface area contributed by atoms with Crippen molar-refractivity contribution in [3.05, 3.63) is 22.4 Å². The molecule has 15 heavy (non-hydrogen) atoms. The Morgan fingerprint density at radius 1 is 1.60 bits per heavy atom. The molecule has 0 amide bonds. The van der Waals surface area contributed by atoms with Gasteiger partial charge in [0.25, 0.3) is 0 Å². The number of nitrogens with one attached hydrogen (secondary N) is 1. The SMILES string of the molecule is CN(C)C(c1cccs1)C1COCCN1. The first-order chi connectivity index (χ1) is 7.29. The minimum Gasteiger partial charge on any atom is -0.378 e. The van der Waals surface area contributed by atoms with E-state index < -0.39 is 0 Å². The van der Waals surface area contributed by atoms with Crippen LogP contribution in [-0.2, 0) is 4.74 Å². The number of likely N-dealkylation sites (N-methyl/N-ethyl adjacent to an activating group) is 1. The van der Waals surface area contributed by atoms with Gasteiger partial charge in [-0.1, -0.05) is 6.07 Å². The van der Waals surface area contributed by atoms with Gasteiger partial charge in [0, 0.05) is 11.4 Å². The van der Waals surface area contributed by atoms with Crippen molar-refractivity contribution in [3.63, 3.8) is 0 Å². The van der Waals surface area contributed by atoms with Crippen LogP contribution in [0.2, 0.25) is 0 Å². The van der Waals surface area contributed by atoms with Gasteiger partial charge < -0.3 is 15.0 Å². The fourth-order valence-electron chi connectivity index (χ4n) is 2.06. The Labute approximate surface area is 95.0 Å². The van der Waals surface area contributed by atoms with Crippen molar-refractivity contribution in [1.29, 1.82) is 0 Å². The summed E-state index contributed by atoms with van der Waals surface area (Å²) in [5.74, 6) is 0. The van der Waals surface area contributed by atoms with Crippen LogP contribution in [0.4, 0.5) is 0 Å². The maximum atomic E-state index is 5.53. The van der Waals surface area contributed by atoms with Crippen LogP contribution in [-0.4, -0.2) is 44.8 Å². The summed E-state index contributed by atoms with van der Waals surface area (Å²) in [5, 5.41) is 5.66. The van der Waals surface area contributed by atoms with Crippen molar-refractivity contribution in [1.82, 2.24) is 10.2 Å². The maximum absolute atomic E-state index is 5.53. The minimum absolute atomic E-state index is 0.410. The van der Waals surface area contributed by atoms with Crippen molar-refractivity contribution in [2.75, 3.05) is 33.9 Å². The molecule has 84 valence electrons. The lowest BCUT2D eigenvalue weighted by Crippen LogP contribution is -2.48. The van der Waals surface area contributed by atoms with Gasteiger partial charge in [0.05, 0.1) is 25.3 Å². The Morgan fingerprint density at radius 2 is 2.47 bits per heavy atom. The number of hydrogen-bond acceptors (Lipinski definition) is 4. The predicted molar refractivity (Wildman–Crippen MR) is 63.4 cm³/mol. The van der Waals surface area contributed by atoms with E-state index >= 15 is 0 Å². The topological polar surface area (TPSA) is 24.5 Å². The molecule has 2 heterocycles. The predicted octanol–water partition coefficient (Wildman–Crippen LogP) is 1.34. The van der Waals surface area contributed by atoms with Gasteiger partial charge in [0.1, 0.15) is 0 Å². The Kier molecular flexibility index (Phi) is 3.75. The summed E-state index contributed by atoms with van der Waals surface area (Å²) in [6, 6.07) is 5.14. The lowest BCUT2D eigenvalue weighted by Gasteiger charge is -2.34. The molecule has 0 radical (unpaired) electrons. The second kappa shape index (κ2) is 5.07. The molecule has 0 spiro atoms. The molecule has 1 aromatic heterocycles. The molecule has 1 N–H and O–H groups in total. The van der Waals surface area contributed by atoms with E-state index in [0.29, 0.717) is 12.1 Å². The van der Waals surface area contributed by atoms with Crippen LogP contribution in [0.3, 0.4) is 0 Å². The second-order valence-electron chi connectivity index (χ2n) is 4.06. The standard InChI is InChI=1S/C11H18N2OS/c1-13(2)11(10-4-3-7-15-10)9-8-14-6-5-12-9/h3-4,7,9,11-12H,5-6,8H2,1-2H3. The number of hydrogen-bond donors (Lipinski definition) is 1. The largest absolute Gasteiger partial charge is 0.378 e. The molecule has 1 aliphatic heterocycles. The van der Waals surface area contributed by atoms with E-state index in [9.17, 15) is 0 Å². The van der Waals surface area contributed by atoms with Crippen LogP contribution in [0, 0.1) is 0 Å². The van der Waals surface area contributed by atoms with E-state index in [1.54, 1.807) is 0 Å². The third kappa shape index (κ3) is 2.58. The highest BCUT2D eigenvalue weighted by molar-refractivity contribution is 7.10. The van der Waals surface area contributed by atoms with E-state index in [2.05, 4.69) is 41.8 Å². The number of morpholine rings is 1. The molecular weight excluding hydrogens is 208 g/mol. The van der Waals surface area contributed by atoms with Gasteiger partial charge in [0.15, 0.2) is 0 Å². The molecule has 1 fully saturated rings. The average molecular weight is 226 g/mol. The van der Waals surface area contributed by atoms with Crippen LogP contribution < -0.4 is 5.32 Å². The molecule has 2 rings (SSSR count). The van der Waals surface area contributed by atoms with E-state index in [1.165, 1.54) is 4.88 Å². The minimum atomic E-state index is 0.410. The van der Waals surface area contributed by atoms with Gasteiger partial charge >= 0.3 is 0 Å². The Morgan fingerprint density at radius 3 is 3.00 bits per heavy atom.